The highest BCUT2D eigenvalue weighted by Crippen LogP contribution is 2.29. The van der Waals surface area contributed by atoms with Crippen LogP contribution in [-0.4, -0.2) is 55.9 Å². The third-order valence-corrected chi connectivity index (χ3v) is 7.02. The van der Waals surface area contributed by atoms with Gasteiger partial charge in [-0.25, -0.2) is 22.0 Å². The molecule has 1 saturated carbocycles. The summed E-state index contributed by atoms with van der Waals surface area (Å²) in [5.41, 5.74) is 0. The number of carbonyl (C=O) groups is 1. The molecular formula is C14H24F2N2O3S. The van der Waals surface area contributed by atoms with Crippen LogP contribution < -0.4 is 5.32 Å². The molecule has 0 aromatic rings. The van der Waals surface area contributed by atoms with Crippen molar-refractivity contribution in [3.8, 4) is 0 Å². The van der Waals surface area contributed by atoms with E-state index >= 15 is 0 Å². The second kappa shape index (κ2) is 7.10. The number of urea groups is 1. The molecule has 2 aliphatic rings. The Balaban J connectivity index is 1.83. The number of amides is 2. The van der Waals surface area contributed by atoms with Gasteiger partial charge in [-0.2, -0.15) is 0 Å². The van der Waals surface area contributed by atoms with Gasteiger partial charge in [0.05, 0.1) is 11.0 Å². The van der Waals surface area contributed by atoms with Crippen LogP contribution in [0.25, 0.3) is 0 Å². The summed E-state index contributed by atoms with van der Waals surface area (Å²) in [6, 6.07) is -0.357. The molecule has 0 aromatic heterocycles. The van der Waals surface area contributed by atoms with E-state index in [4.69, 9.17) is 0 Å². The van der Waals surface area contributed by atoms with E-state index in [9.17, 15) is 22.0 Å². The lowest BCUT2D eigenvalue weighted by atomic mass is 9.86. The summed E-state index contributed by atoms with van der Waals surface area (Å²) in [5, 5.41) is 2.44. The molecule has 2 rings (SSSR count). The van der Waals surface area contributed by atoms with Crippen LogP contribution in [0.4, 0.5) is 13.6 Å². The van der Waals surface area contributed by atoms with Gasteiger partial charge in [0.1, 0.15) is 0 Å². The molecule has 2 fully saturated rings. The molecule has 8 heteroatoms. The second-order valence-corrected chi connectivity index (χ2v) is 8.89. The van der Waals surface area contributed by atoms with Crippen molar-refractivity contribution in [1.29, 1.82) is 0 Å². The largest absolute Gasteiger partial charge is 0.335 e. The van der Waals surface area contributed by atoms with Crippen LogP contribution in [0.3, 0.4) is 0 Å². The Labute approximate surface area is 130 Å². The summed E-state index contributed by atoms with van der Waals surface area (Å²) in [7, 11) is -3.12. The highest BCUT2D eigenvalue weighted by molar-refractivity contribution is 7.92. The minimum absolute atomic E-state index is 0.0142. The van der Waals surface area contributed by atoms with Crippen LogP contribution in [-0.2, 0) is 9.84 Å². The van der Waals surface area contributed by atoms with Crippen molar-refractivity contribution in [3.05, 3.63) is 0 Å². The molecule has 0 spiro atoms. The van der Waals surface area contributed by atoms with E-state index in [0.29, 0.717) is 38.6 Å². The Hall–Kier alpha value is -0.920. The smallest absolute Gasteiger partial charge is 0.317 e. The number of hydrogen-bond acceptors (Lipinski definition) is 3. The first-order chi connectivity index (χ1) is 10.3. The molecule has 2 amide bonds. The number of halogens is 2. The summed E-state index contributed by atoms with van der Waals surface area (Å²) in [5.74, 6) is -0.572. The van der Waals surface area contributed by atoms with Crippen molar-refractivity contribution >= 4 is 15.9 Å². The predicted octanol–water partition coefficient (Wildman–Crippen LogP) is 2.03. The number of sulfone groups is 1. The summed E-state index contributed by atoms with van der Waals surface area (Å²) in [4.78, 5) is 13.8. The van der Waals surface area contributed by atoms with Gasteiger partial charge in [0.2, 0.25) is 6.43 Å². The third-order valence-electron chi connectivity index (χ3n) is 4.81. The molecule has 5 nitrogen and oxygen atoms in total. The van der Waals surface area contributed by atoms with Crippen molar-refractivity contribution in [3.63, 3.8) is 0 Å². The monoisotopic (exact) mass is 338 g/mol. The maximum Gasteiger partial charge on any atom is 0.317 e. The Kier molecular flexibility index (Phi) is 5.63. The fourth-order valence-electron chi connectivity index (χ4n) is 3.05. The Bertz CT molecular complexity index is 490. The topological polar surface area (TPSA) is 66.5 Å². The Morgan fingerprint density at radius 3 is 2.36 bits per heavy atom. The molecule has 22 heavy (non-hydrogen) atoms. The molecule has 1 N–H and O–H groups in total. The predicted molar refractivity (Wildman–Crippen MR) is 79.7 cm³/mol. The average molecular weight is 338 g/mol. The van der Waals surface area contributed by atoms with Crippen LogP contribution >= 0.6 is 0 Å². The minimum atomic E-state index is -3.12. The zero-order chi connectivity index (χ0) is 16.3. The van der Waals surface area contributed by atoms with Gasteiger partial charge >= 0.3 is 6.03 Å². The van der Waals surface area contributed by atoms with Crippen LogP contribution in [0.2, 0.25) is 0 Å². The van der Waals surface area contributed by atoms with Gasteiger partial charge in [-0.15, -0.1) is 0 Å². The van der Waals surface area contributed by atoms with Gasteiger partial charge in [0.15, 0.2) is 9.84 Å². The third kappa shape index (κ3) is 4.30. The number of carbonyl (C=O) groups excluding carboxylic acids is 1. The van der Waals surface area contributed by atoms with E-state index in [1.807, 2.05) is 0 Å². The molecule has 1 aliphatic carbocycles. The summed E-state index contributed by atoms with van der Waals surface area (Å²) in [6.45, 7) is 2.28. The van der Waals surface area contributed by atoms with Crippen molar-refractivity contribution in [2.75, 3.05) is 18.8 Å². The van der Waals surface area contributed by atoms with Crippen molar-refractivity contribution in [2.24, 2.45) is 5.92 Å². The SMILES string of the molecule is CC1CCN(C(=O)NC2CCC(C(F)F)CC2)CCS1(=O)=O. The fraction of sp³-hybridized carbons (Fsp3) is 0.929. The zero-order valence-electron chi connectivity index (χ0n) is 12.8. The Morgan fingerprint density at radius 1 is 1.14 bits per heavy atom. The van der Waals surface area contributed by atoms with Crippen LogP contribution in [0.1, 0.15) is 39.0 Å². The van der Waals surface area contributed by atoms with E-state index < -0.39 is 27.4 Å². The number of nitrogens with one attached hydrogen (secondary N) is 1. The van der Waals surface area contributed by atoms with Crippen molar-refractivity contribution in [2.45, 2.75) is 56.7 Å². The van der Waals surface area contributed by atoms with Gasteiger partial charge < -0.3 is 10.2 Å². The van der Waals surface area contributed by atoms with E-state index in [1.165, 1.54) is 4.90 Å². The van der Waals surface area contributed by atoms with Gasteiger partial charge in [0, 0.05) is 25.0 Å². The minimum Gasteiger partial charge on any atom is -0.335 e. The van der Waals surface area contributed by atoms with Crippen molar-refractivity contribution in [1.82, 2.24) is 10.2 Å². The number of alkyl halides is 2. The van der Waals surface area contributed by atoms with Crippen LogP contribution in [0.5, 0.6) is 0 Å². The Morgan fingerprint density at radius 2 is 1.77 bits per heavy atom. The maximum atomic E-state index is 12.6. The van der Waals surface area contributed by atoms with Gasteiger partial charge in [-0.1, -0.05) is 0 Å². The molecule has 1 atom stereocenters. The number of hydrogen-bond donors (Lipinski definition) is 1. The number of nitrogens with zero attached hydrogens (tertiary/aromatic N) is 1. The second-order valence-electron chi connectivity index (χ2n) is 6.35. The highest BCUT2D eigenvalue weighted by atomic mass is 32.2. The molecule has 1 heterocycles. The molecule has 128 valence electrons. The molecular weight excluding hydrogens is 314 g/mol. The lowest BCUT2D eigenvalue weighted by Gasteiger charge is -2.30. The first-order valence-corrected chi connectivity index (χ1v) is 9.56. The average Bonchev–Trinajstić information content (AvgIpc) is 2.59. The first kappa shape index (κ1) is 17.4. The first-order valence-electron chi connectivity index (χ1n) is 7.84. The maximum absolute atomic E-state index is 12.6. The molecule has 0 bridgehead atoms. The molecule has 0 aromatic carbocycles. The normalized spacial score (nSPS) is 32.5. The summed E-state index contributed by atoms with van der Waals surface area (Å²) < 4.78 is 48.9. The number of rotatable bonds is 2. The molecule has 1 saturated heterocycles. The lowest BCUT2D eigenvalue weighted by Crippen LogP contribution is -2.47. The fourth-order valence-corrected chi connectivity index (χ4v) is 4.39. The zero-order valence-corrected chi connectivity index (χ0v) is 13.6. The van der Waals surface area contributed by atoms with Crippen LogP contribution in [0, 0.1) is 5.92 Å². The standard InChI is InChI=1S/C14H24F2N2O3S/c1-10-6-7-18(8-9-22(10,20)21)14(19)17-12-4-2-11(3-5-12)13(15)16/h10-13H,2-9H2,1H3,(H,17,19). The molecule has 1 aliphatic heterocycles. The lowest BCUT2D eigenvalue weighted by molar-refractivity contribution is 0.0510. The molecule has 0 radical (unpaired) electrons. The van der Waals surface area contributed by atoms with Gasteiger partial charge in [-0.3, -0.25) is 0 Å². The van der Waals surface area contributed by atoms with Gasteiger partial charge in [-0.05, 0) is 39.0 Å². The highest BCUT2D eigenvalue weighted by Gasteiger charge is 2.31. The van der Waals surface area contributed by atoms with E-state index in [1.54, 1.807) is 6.92 Å². The summed E-state index contributed by atoms with van der Waals surface area (Å²) >= 11 is 0. The van der Waals surface area contributed by atoms with Gasteiger partial charge in [0.25, 0.3) is 0 Å². The van der Waals surface area contributed by atoms with Crippen molar-refractivity contribution < 1.29 is 22.0 Å². The van der Waals surface area contributed by atoms with E-state index in [0.717, 1.165) is 0 Å². The summed E-state index contributed by atoms with van der Waals surface area (Å²) in [6.07, 6.45) is 0.122. The van der Waals surface area contributed by atoms with E-state index in [-0.39, 0.29) is 24.4 Å². The van der Waals surface area contributed by atoms with Crippen LogP contribution in [0.15, 0.2) is 0 Å². The molecule has 1 unspecified atom stereocenters. The quantitative estimate of drug-likeness (QED) is 0.838. The van der Waals surface area contributed by atoms with E-state index in [2.05, 4.69) is 5.32 Å².